The summed E-state index contributed by atoms with van der Waals surface area (Å²) in [4.78, 5) is 10.5. The van der Waals surface area contributed by atoms with E-state index < -0.39 is 0 Å². The van der Waals surface area contributed by atoms with Crippen LogP contribution < -0.4 is 5.73 Å². The van der Waals surface area contributed by atoms with Crippen molar-refractivity contribution in [1.82, 2.24) is 0 Å². The zero-order valence-electron chi connectivity index (χ0n) is 15.2. The lowest BCUT2D eigenvalue weighted by atomic mass is 10.6. The number of carbonyl (C=O) groups is 1. The van der Waals surface area contributed by atoms with Crippen LogP contribution in [0, 0.1) is 0 Å². The molecule has 0 radical (unpaired) electrons. The molecule has 0 amide bonds. The maximum Gasteiger partial charge on any atom is 0.302 e. The van der Waals surface area contributed by atoms with E-state index in [0.29, 0.717) is 85.8 Å². The third kappa shape index (κ3) is 23.2. The zero-order chi connectivity index (χ0) is 18.4. The first-order valence-electron chi connectivity index (χ1n) is 8.57. The van der Waals surface area contributed by atoms with Crippen molar-refractivity contribution in [3.05, 3.63) is 0 Å². The van der Waals surface area contributed by atoms with Crippen LogP contribution in [-0.4, -0.2) is 98.4 Å². The second-order valence-corrected chi connectivity index (χ2v) is 4.80. The van der Waals surface area contributed by atoms with Gasteiger partial charge in [-0.3, -0.25) is 4.79 Å². The number of ether oxygens (including phenoxy) is 7. The van der Waals surface area contributed by atoms with Gasteiger partial charge >= 0.3 is 5.97 Å². The maximum absolute atomic E-state index is 10.5. The molecule has 9 heteroatoms. The molecule has 0 aliphatic carbocycles. The Balaban J connectivity index is 2.97. The first-order chi connectivity index (χ1) is 12.3. The molecule has 0 fully saturated rings. The quantitative estimate of drug-likeness (QED) is 0.227. The van der Waals surface area contributed by atoms with Crippen molar-refractivity contribution in [1.29, 1.82) is 0 Å². The Bertz CT molecular complexity index is 281. The van der Waals surface area contributed by atoms with Gasteiger partial charge in [0, 0.05) is 13.5 Å². The first-order valence-corrected chi connectivity index (χ1v) is 8.57. The zero-order valence-corrected chi connectivity index (χ0v) is 15.2. The summed E-state index contributed by atoms with van der Waals surface area (Å²) in [6, 6.07) is 0. The fourth-order valence-corrected chi connectivity index (χ4v) is 1.53. The summed E-state index contributed by atoms with van der Waals surface area (Å²) in [5.74, 6) is -0.304. The minimum absolute atomic E-state index is 0.269. The highest BCUT2D eigenvalue weighted by molar-refractivity contribution is 5.65. The third-order valence-electron chi connectivity index (χ3n) is 2.66. The summed E-state index contributed by atoms with van der Waals surface area (Å²) in [6.45, 7) is 8.24. The van der Waals surface area contributed by atoms with Crippen LogP contribution in [0.5, 0.6) is 0 Å². The van der Waals surface area contributed by atoms with Gasteiger partial charge in [-0.1, -0.05) is 0 Å². The van der Waals surface area contributed by atoms with Gasteiger partial charge in [-0.2, -0.15) is 0 Å². The van der Waals surface area contributed by atoms with Gasteiger partial charge in [0.15, 0.2) is 0 Å². The molecule has 0 saturated carbocycles. The molecule has 0 saturated heterocycles. The summed E-state index contributed by atoms with van der Waals surface area (Å²) in [5.41, 5.74) is 5.29. The molecule has 0 aliphatic rings. The lowest BCUT2D eigenvalue weighted by Crippen LogP contribution is -2.15. The first kappa shape index (κ1) is 24.2. The van der Waals surface area contributed by atoms with Gasteiger partial charge < -0.3 is 38.9 Å². The lowest BCUT2D eigenvalue weighted by molar-refractivity contribution is -0.142. The van der Waals surface area contributed by atoms with E-state index in [1.54, 1.807) is 0 Å². The van der Waals surface area contributed by atoms with Crippen LogP contribution in [0.1, 0.15) is 6.92 Å². The number of hydrogen-bond donors (Lipinski definition) is 1. The van der Waals surface area contributed by atoms with Crippen molar-refractivity contribution >= 4 is 5.97 Å². The Kier molecular flexibility index (Phi) is 20.5. The van der Waals surface area contributed by atoms with Crippen molar-refractivity contribution in [2.24, 2.45) is 5.73 Å². The van der Waals surface area contributed by atoms with Gasteiger partial charge in [-0.15, -0.1) is 0 Å². The highest BCUT2D eigenvalue weighted by Gasteiger charge is 1.95. The van der Waals surface area contributed by atoms with Gasteiger partial charge in [0.2, 0.25) is 0 Å². The van der Waals surface area contributed by atoms with Crippen LogP contribution in [0.25, 0.3) is 0 Å². The Hall–Kier alpha value is -0.810. The van der Waals surface area contributed by atoms with E-state index in [4.69, 9.17) is 38.9 Å². The van der Waals surface area contributed by atoms with E-state index in [-0.39, 0.29) is 12.6 Å². The summed E-state index contributed by atoms with van der Waals surface area (Å²) < 4.78 is 36.4. The topological polar surface area (TPSA) is 108 Å². The van der Waals surface area contributed by atoms with Gasteiger partial charge in [0.05, 0.1) is 79.3 Å². The van der Waals surface area contributed by atoms with E-state index in [1.807, 2.05) is 0 Å². The lowest BCUT2D eigenvalue weighted by Gasteiger charge is -2.08. The molecule has 0 aliphatic heterocycles. The smallest absolute Gasteiger partial charge is 0.302 e. The van der Waals surface area contributed by atoms with E-state index in [0.717, 1.165) is 0 Å². The van der Waals surface area contributed by atoms with Gasteiger partial charge in [0.25, 0.3) is 0 Å². The molecule has 0 unspecified atom stereocenters. The van der Waals surface area contributed by atoms with Crippen molar-refractivity contribution in [3.63, 3.8) is 0 Å². The Labute approximate surface area is 150 Å². The summed E-state index contributed by atoms with van der Waals surface area (Å²) in [7, 11) is 0. The minimum Gasteiger partial charge on any atom is -0.463 e. The summed E-state index contributed by atoms with van der Waals surface area (Å²) in [5, 5.41) is 0. The Morgan fingerprint density at radius 2 is 0.840 bits per heavy atom. The number of carbonyl (C=O) groups excluding carboxylic acids is 1. The average molecular weight is 367 g/mol. The fourth-order valence-electron chi connectivity index (χ4n) is 1.53. The normalized spacial score (nSPS) is 11.0. The molecule has 0 atom stereocenters. The minimum atomic E-state index is -0.304. The van der Waals surface area contributed by atoms with E-state index >= 15 is 0 Å². The van der Waals surface area contributed by atoms with Gasteiger partial charge in [-0.25, -0.2) is 0 Å². The second-order valence-electron chi connectivity index (χ2n) is 4.80. The molecule has 150 valence electrons. The van der Waals surface area contributed by atoms with Gasteiger partial charge in [0.1, 0.15) is 6.61 Å². The van der Waals surface area contributed by atoms with Crippen LogP contribution in [0.2, 0.25) is 0 Å². The molecule has 0 bridgehead atoms. The van der Waals surface area contributed by atoms with Crippen molar-refractivity contribution in [2.75, 3.05) is 92.4 Å². The van der Waals surface area contributed by atoms with Crippen LogP contribution in [0.15, 0.2) is 0 Å². The monoisotopic (exact) mass is 367 g/mol. The number of hydrogen-bond acceptors (Lipinski definition) is 9. The molecule has 0 spiro atoms. The van der Waals surface area contributed by atoms with Crippen LogP contribution in [0.4, 0.5) is 0 Å². The van der Waals surface area contributed by atoms with Gasteiger partial charge in [-0.05, 0) is 0 Å². The van der Waals surface area contributed by atoms with Crippen LogP contribution >= 0.6 is 0 Å². The van der Waals surface area contributed by atoms with E-state index in [2.05, 4.69) is 0 Å². The molecule has 0 rings (SSSR count). The Morgan fingerprint density at radius 3 is 1.12 bits per heavy atom. The fraction of sp³-hybridized carbons (Fsp3) is 0.938. The molecule has 0 aromatic rings. The molecule has 25 heavy (non-hydrogen) atoms. The predicted molar refractivity (Wildman–Crippen MR) is 90.6 cm³/mol. The second kappa shape index (κ2) is 21.2. The highest BCUT2D eigenvalue weighted by atomic mass is 16.6. The molecule has 2 N–H and O–H groups in total. The third-order valence-corrected chi connectivity index (χ3v) is 2.66. The van der Waals surface area contributed by atoms with Crippen LogP contribution in [-0.2, 0) is 38.0 Å². The van der Waals surface area contributed by atoms with Crippen molar-refractivity contribution in [3.8, 4) is 0 Å². The number of nitrogens with two attached hydrogens (primary N) is 1. The number of rotatable bonds is 20. The van der Waals surface area contributed by atoms with E-state index in [9.17, 15) is 4.79 Å². The molecule has 0 heterocycles. The SMILES string of the molecule is CC(=O)OCCOCCOCCOCCOCCOCCOCCN. The molecule has 0 aromatic heterocycles. The molecular formula is C16H33NO8. The Morgan fingerprint density at radius 1 is 0.560 bits per heavy atom. The molecule has 9 nitrogen and oxygen atoms in total. The van der Waals surface area contributed by atoms with Crippen molar-refractivity contribution < 1.29 is 38.0 Å². The van der Waals surface area contributed by atoms with E-state index in [1.165, 1.54) is 6.92 Å². The highest BCUT2D eigenvalue weighted by Crippen LogP contribution is 1.85. The predicted octanol–water partition coefficient (Wildman–Crippen LogP) is -0.392. The average Bonchev–Trinajstić information content (AvgIpc) is 2.60. The number of esters is 1. The van der Waals surface area contributed by atoms with Crippen molar-refractivity contribution in [2.45, 2.75) is 6.92 Å². The molecular weight excluding hydrogens is 334 g/mol. The maximum atomic E-state index is 10.5. The van der Waals surface area contributed by atoms with Crippen LogP contribution in [0.3, 0.4) is 0 Å². The summed E-state index contributed by atoms with van der Waals surface area (Å²) in [6.07, 6.45) is 0. The molecule has 0 aromatic carbocycles. The summed E-state index contributed by atoms with van der Waals surface area (Å²) >= 11 is 0. The standard InChI is InChI=1S/C16H33NO8/c1-16(18)25-15-14-24-13-12-23-11-10-22-9-8-21-7-6-20-5-4-19-3-2-17/h2-15,17H2,1H3. The largest absolute Gasteiger partial charge is 0.463 e.